The van der Waals surface area contributed by atoms with Gasteiger partial charge in [0.2, 0.25) is 11.8 Å². The van der Waals surface area contributed by atoms with Gasteiger partial charge in [-0.25, -0.2) is 4.39 Å². The number of halogens is 1. The fourth-order valence-electron chi connectivity index (χ4n) is 3.64. The molecule has 0 aromatic heterocycles. The van der Waals surface area contributed by atoms with Crippen molar-refractivity contribution in [3.63, 3.8) is 0 Å². The van der Waals surface area contributed by atoms with E-state index < -0.39 is 0 Å². The Labute approximate surface area is 159 Å². The van der Waals surface area contributed by atoms with Gasteiger partial charge in [0.1, 0.15) is 5.82 Å². The smallest absolute Gasteiger partial charge is 0.223 e. The maximum absolute atomic E-state index is 14.5. The SMILES string of the molecule is CC(=O)N1CCCN(C(=O)C[C@H](c2ccccc2)c2ccccc2F)CC1. The van der Waals surface area contributed by atoms with E-state index in [-0.39, 0.29) is 30.0 Å². The van der Waals surface area contributed by atoms with Gasteiger partial charge < -0.3 is 9.80 Å². The first-order chi connectivity index (χ1) is 13.1. The summed E-state index contributed by atoms with van der Waals surface area (Å²) in [4.78, 5) is 28.2. The molecule has 0 radical (unpaired) electrons. The highest BCUT2D eigenvalue weighted by Gasteiger charge is 2.26. The van der Waals surface area contributed by atoms with E-state index >= 15 is 0 Å². The van der Waals surface area contributed by atoms with Crippen molar-refractivity contribution in [2.45, 2.75) is 25.7 Å². The van der Waals surface area contributed by atoms with E-state index in [9.17, 15) is 14.0 Å². The fourth-order valence-corrected chi connectivity index (χ4v) is 3.64. The van der Waals surface area contributed by atoms with Crippen molar-refractivity contribution in [2.24, 2.45) is 0 Å². The van der Waals surface area contributed by atoms with Crippen LogP contribution in [0.2, 0.25) is 0 Å². The predicted molar refractivity (Wildman–Crippen MR) is 103 cm³/mol. The first-order valence-electron chi connectivity index (χ1n) is 9.39. The van der Waals surface area contributed by atoms with Crippen LogP contribution in [-0.4, -0.2) is 47.8 Å². The molecule has 27 heavy (non-hydrogen) atoms. The van der Waals surface area contributed by atoms with E-state index in [0.717, 1.165) is 12.0 Å². The number of rotatable bonds is 4. The molecule has 1 aliphatic rings. The van der Waals surface area contributed by atoms with Gasteiger partial charge in [0.15, 0.2) is 0 Å². The molecule has 5 heteroatoms. The molecule has 1 atom stereocenters. The van der Waals surface area contributed by atoms with Crippen LogP contribution in [0.5, 0.6) is 0 Å². The highest BCUT2D eigenvalue weighted by atomic mass is 19.1. The Bertz CT molecular complexity index is 794. The maximum atomic E-state index is 14.5. The van der Waals surface area contributed by atoms with Gasteiger partial charge in [-0.05, 0) is 23.6 Å². The second kappa shape index (κ2) is 8.80. The highest BCUT2D eigenvalue weighted by molar-refractivity contribution is 5.78. The molecule has 142 valence electrons. The Morgan fingerprint density at radius 2 is 1.56 bits per heavy atom. The lowest BCUT2D eigenvalue weighted by molar-refractivity contribution is -0.132. The van der Waals surface area contributed by atoms with E-state index in [2.05, 4.69) is 0 Å². The average Bonchev–Trinajstić information content (AvgIpc) is 2.94. The minimum atomic E-state index is -0.327. The Balaban J connectivity index is 1.79. The topological polar surface area (TPSA) is 40.6 Å². The lowest BCUT2D eigenvalue weighted by atomic mass is 9.87. The lowest BCUT2D eigenvalue weighted by Gasteiger charge is -2.25. The number of benzene rings is 2. The summed E-state index contributed by atoms with van der Waals surface area (Å²) in [5.74, 6) is -0.583. The third-order valence-electron chi connectivity index (χ3n) is 5.16. The van der Waals surface area contributed by atoms with E-state index in [4.69, 9.17) is 0 Å². The number of carbonyl (C=O) groups is 2. The molecule has 4 nitrogen and oxygen atoms in total. The van der Waals surface area contributed by atoms with Crippen LogP contribution < -0.4 is 0 Å². The quantitative estimate of drug-likeness (QED) is 0.830. The molecular formula is C22H25FN2O2. The Morgan fingerprint density at radius 3 is 2.26 bits per heavy atom. The van der Waals surface area contributed by atoms with Crippen LogP contribution in [0.3, 0.4) is 0 Å². The molecule has 0 aliphatic carbocycles. The summed E-state index contributed by atoms with van der Waals surface area (Å²) in [7, 11) is 0. The molecule has 0 spiro atoms. The minimum absolute atomic E-state index is 0.00231. The number of hydrogen-bond acceptors (Lipinski definition) is 2. The van der Waals surface area contributed by atoms with Crippen LogP contribution in [0.25, 0.3) is 0 Å². The van der Waals surface area contributed by atoms with E-state index in [1.54, 1.807) is 34.9 Å². The van der Waals surface area contributed by atoms with Gasteiger partial charge in [0.05, 0.1) is 0 Å². The van der Waals surface area contributed by atoms with Crippen LogP contribution in [0.4, 0.5) is 4.39 Å². The Kier molecular flexibility index (Phi) is 6.22. The third-order valence-corrected chi connectivity index (χ3v) is 5.16. The first kappa shape index (κ1) is 19.1. The first-order valence-corrected chi connectivity index (χ1v) is 9.39. The standard InChI is InChI=1S/C22H25FN2O2/c1-17(26)24-12-7-13-25(15-14-24)22(27)16-20(18-8-3-2-4-9-18)19-10-5-6-11-21(19)23/h2-6,8-11,20H,7,12-16H2,1H3/t20-/m1/s1. The van der Waals surface area contributed by atoms with Crippen LogP contribution in [-0.2, 0) is 9.59 Å². The summed E-state index contributed by atoms with van der Waals surface area (Å²) in [6.07, 6.45) is 0.978. The Hall–Kier alpha value is -2.69. The molecule has 3 rings (SSSR count). The normalized spacial score (nSPS) is 15.9. The van der Waals surface area contributed by atoms with Crippen molar-refractivity contribution in [1.29, 1.82) is 0 Å². The van der Waals surface area contributed by atoms with Crippen LogP contribution in [0, 0.1) is 5.82 Å². The van der Waals surface area contributed by atoms with Crippen LogP contribution in [0.1, 0.15) is 36.8 Å². The van der Waals surface area contributed by atoms with Gasteiger partial charge in [-0.15, -0.1) is 0 Å². The summed E-state index contributed by atoms with van der Waals surface area (Å²) < 4.78 is 14.5. The van der Waals surface area contributed by atoms with Crippen molar-refractivity contribution >= 4 is 11.8 Å². The molecule has 0 N–H and O–H groups in total. The van der Waals surface area contributed by atoms with E-state index in [1.807, 2.05) is 30.3 Å². The summed E-state index contributed by atoms with van der Waals surface area (Å²) in [5.41, 5.74) is 1.47. The van der Waals surface area contributed by atoms with E-state index in [1.165, 1.54) is 6.07 Å². The molecule has 2 aromatic carbocycles. The van der Waals surface area contributed by atoms with Crippen molar-refractivity contribution in [3.05, 3.63) is 71.5 Å². The molecule has 0 bridgehead atoms. The molecule has 1 saturated heterocycles. The van der Waals surface area contributed by atoms with Gasteiger partial charge in [-0.1, -0.05) is 48.5 Å². The van der Waals surface area contributed by atoms with Gasteiger partial charge in [0.25, 0.3) is 0 Å². The van der Waals surface area contributed by atoms with Crippen LogP contribution >= 0.6 is 0 Å². The zero-order chi connectivity index (χ0) is 19.2. The van der Waals surface area contributed by atoms with Crippen molar-refractivity contribution in [3.8, 4) is 0 Å². The molecule has 2 aromatic rings. The van der Waals surface area contributed by atoms with E-state index in [0.29, 0.717) is 31.7 Å². The molecule has 0 unspecified atom stereocenters. The largest absolute Gasteiger partial charge is 0.341 e. The van der Waals surface area contributed by atoms with Crippen molar-refractivity contribution < 1.29 is 14.0 Å². The molecule has 1 fully saturated rings. The Morgan fingerprint density at radius 1 is 0.926 bits per heavy atom. The zero-order valence-electron chi connectivity index (χ0n) is 15.6. The van der Waals surface area contributed by atoms with Crippen molar-refractivity contribution in [1.82, 2.24) is 9.80 Å². The lowest BCUT2D eigenvalue weighted by Crippen LogP contribution is -2.37. The predicted octanol–water partition coefficient (Wildman–Crippen LogP) is 3.43. The zero-order valence-corrected chi connectivity index (χ0v) is 15.6. The summed E-state index contributed by atoms with van der Waals surface area (Å²) >= 11 is 0. The number of amides is 2. The molecular weight excluding hydrogens is 343 g/mol. The van der Waals surface area contributed by atoms with Gasteiger partial charge >= 0.3 is 0 Å². The average molecular weight is 368 g/mol. The number of nitrogens with zero attached hydrogens (tertiary/aromatic N) is 2. The molecule has 0 saturated carbocycles. The second-order valence-corrected chi connectivity index (χ2v) is 6.93. The van der Waals surface area contributed by atoms with Gasteiger partial charge in [-0.3, -0.25) is 9.59 Å². The molecule has 1 heterocycles. The highest BCUT2D eigenvalue weighted by Crippen LogP contribution is 2.30. The maximum Gasteiger partial charge on any atom is 0.223 e. The summed E-state index contributed by atoms with van der Waals surface area (Å²) in [6.45, 7) is 3.94. The minimum Gasteiger partial charge on any atom is -0.341 e. The summed E-state index contributed by atoms with van der Waals surface area (Å²) in [5, 5.41) is 0. The molecule has 1 aliphatic heterocycles. The monoisotopic (exact) mass is 368 g/mol. The van der Waals surface area contributed by atoms with Crippen molar-refractivity contribution in [2.75, 3.05) is 26.2 Å². The number of carbonyl (C=O) groups excluding carboxylic acids is 2. The third kappa shape index (κ3) is 4.73. The molecule has 2 amide bonds. The van der Waals surface area contributed by atoms with Gasteiger partial charge in [0, 0.05) is 45.4 Å². The summed E-state index contributed by atoms with van der Waals surface area (Å²) in [6, 6.07) is 16.2. The van der Waals surface area contributed by atoms with Crippen LogP contribution in [0.15, 0.2) is 54.6 Å². The van der Waals surface area contributed by atoms with Gasteiger partial charge in [-0.2, -0.15) is 0 Å². The fraction of sp³-hybridized carbons (Fsp3) is 0.364. The second-order valence-electron chi connectivity index (χ2n) is 6.93. The number of hydrogen-bond donors (Lipinski definition) is 0.